The molecule has 2 heterocycles. The summed E-state index contributed by atoms with van der Waals surface area (Å²) in [7, 11) is 0. The average Bonchev–Trinajstić information content (AvgIpc) is 2.91. The number of hydrogen-bond acceptors (Lipinski definition) is 6. The normalized spacial score (nSPS) is 34.9. The Morgan fingerprint density at radius 3 is 2.62 bits per heavy atom. The maximum Gasteiger partial charge on any atom is 0.229 e. The van der Waals surface area contributed by atoms with Crippen molar-refractivity contribution in [1.82, 2.24) is 5.32 Å². The number of aliphatic hydroxyl groups excluding tert-OH is 4. The van der Waals surface area contributed by atoms with Gasteiger partial charge in [0.05, 0.1) is 18.5 Å². The predicted octanol–water partition coefficient (Wildman–Crippen LogP) is -0.949. The zero-order valence-corrected chi connectivity index (χ0v) is 11.0. The summed E-state index contributed by atoms with van der Waals surface area (Å²) in [4.78, 5) is 0. The molecule has 1 aromatic carbocycles. The molecule has 2 aliphatic rings. The third-order valence-electron chi connectivity index (χ3n) is 3.58. The van der Waals surface area contributed by atoms with Crippen LogP contribution in [-0.4, -0.2) is 57.7 Å². The van der Waals surface area contributed by atoms with Crippen LogP contribution in [-0.2, 0) is 9.47 Å². The molecule has 0 bridgehead atoms. The van der Waals surface area contributed by atoms with Gasteiger partial charge in [-0.1, -0.05) is 12.1 Å². The number of hydrogen-bond donors (Lipinski definition) is 4. The quantitative estimate of drug-likeness (QED) is 0.572. The fraction of sp³-hybridized carbons (Fsp3) is 0.429. The van der Waals surface area contributed by atoms with Crippen molar-refractivity contribution in [2.45, 2.75) is 30.7 Å². The molecule has 0 aromatic heterocycles. The van der Waals surface area contributed by atoms with E-state index in [2.05, 4.69) is 5.32 Å². The molecule has 1 aromatic rings. The zero-order chi connectivity index (χ0) is 15.0. The van der Waals surface area contributed by atoms with Crippen molar-refractivity contribution in [3.63, 3.8) is 0 Å². The highest BCUT2D eigenvalue weighted by atomic mass is 16.7. The van der Waals surface area contributed by atoms with Crippen molar-refractivity contribution in [3.8, 4) is 0 Å². The highest BCUT2D eigenvalue weighted by molar-refractivity contribution is 5.75. The van der Waals surface area contributed by atoms with Gasteiger partial charge in [0.25, 0.3) is 0 Å². The topological polar surface area (TPSA) is 113 Å². The van der Waals surface area contributed by atoms with E-state index in [-0.39, 0.29) is 0 Å². The van der Waals surface area contributed by atoms with E-state index in [0.29, 0.717) is 5.76 Å². The molecule has 1 fully saturated rings. The van der Waals surface area contributed by atoms with Gasteiger partial charge in [-0.3, -0.25) is 5.32 Å². The zero-order valence-electron chi connectivity index (χ0n) is 11.0. The van der Waals surface area contributed by atoms with Crippen molar-refractivity contribution in [2.24, 2.45) is 0 Å². The fourth-order valence-electron chi connectivity index (χ4n) is 2.38. The number of rotatable bonds is 3. The molecule has 3 rings (SSSR count). The summed E-state index contributed by atoms with van der Waals surface area (Å²) in [5, 5.41) is 42.7. The van der Waals surface area contributed by atoms with Crippen LogP contribution in [0.1, 0.15) is 5.56 Å². The Bertz CT molecular complexity index is 546. The first kappa shape index (κ1) is 14.3. The fourth-order valence-corrected chi connectivity index (χ4v) is 2.38. The van der Waals surface area contributed by atoms with E-state index in [9.17, 15) is 15.3 Å². The van der Waals surface area contributed by atoms with Crippen LogP contribution in [0, 0.1) is 0 Å². The van der Waals surface area contributed by atoms with Crippen LogP contribution < -0.4 is 5.32 Å². The first-order valence-electron chi connectivity index (χ1n) is 6.59. The molecule has 0 amide bonds. The van der Waals surface area contributed by atoms with E-state index >= 15 is 0 Å². The van der Waals surface area contributed by atoms with E-state index in [4.69, 9.17) is 14.6 Å². The summed E-state index contributed by atoms with van der Waals surface area (Å²) in [6.07, 6.45) is -5.01. The minimum absolute atomic E-state index is 0.398. The average molecular weight is 294 g/mol. The molecule has 0 spiro atoms. The maximum atomic E-state index is 9.93. The van der Waals surface area contributed by atoms with E-state index in [1.165, 1.54) is 6.20 Å². The number of aliphatic hydroxyl groups is 4. The molecule has 21 heavy (non-hydrogen) atoms. The van der Waals surface area contributed by atoms with Crippen LogP contribution in [0.2, 0.25) is 0 Å². The molecule has 1 saturated heterocycles. The van der Waals surface area contributed by atoms with Gasteiger partial charge >= 0.3 is 0 Å². The van der Waals surface area contributed by atoms with Gasteiger partial charge < -0.3 is 29.9 Å². The third kappa shape index (κ3) is 2.50. The number of benzene rings is 1. The lowest BCUT2D eigenvalue weighted by atomic mass is 9.99. The Morgan fingerprint density at radius 2 is 1.86 bits per heavy atom. The van der Waals surface area contributed by atoms with Crippen molar-refractivity contribution >= 4 is 11.4 Å². The smallest absolute Gasteiger partial charge is 0.229 e. The lowest BCUT2D eigenvalue weighted by Gasteiger charge is -2.39. The molecule has 7 nitrogen and oxygen atoms in total. The SMILES string of the molecule is OCC1OC(OC2=C[N]c3ccccc32)C(O)C(O)C1O. The van der Waals surface area contributed by atoms with Crippen LogP contribution in [0.25, 0.3) is 5.76 Å². The molecule has 5 atom stereocenters. The summed E-state index contributed by atoms with van der Waals surface area (Å²) in [6.45, 7) is -0.495. The highest BCUT2D eigenvalue weighted by Crippen LogP contribution is 2.33. The Hall–Kier alpha value is -1.64. The Balaban J connectivity index is 1.76. The molecule has 7 heteroatoms. The van der Waals surface area contributed by atoms with Gasteiger partial charge in [0.2, 0.25) is 6.29 Å². The van der Waals surface area contributed by atoms with Crippen molar-refractivity contribution in [3.05, 3.63) is 36.0 Å². The highest BCUT2D eigenvalue weighted by Gasteiger charge is 2.45. The van der Waals surface area contributed by atoms with E-state index in [1.54, 1.807) is 0 Å². The molecule has 4 N–H and O–H groups in total. The third-order valence-corrected chi connectivity index (χ3v) is 3.58. The minimum Gasteiger partial charge on any atom is -0.460 e. The maximum absolute atomic E-state index is 9.93. The van der Waals surface area contributed by atoms with E-state index < -0.39 is 37.3 Å². The number of nitrogens with zero attached hydrogens (tertiary/aromatic N) is 1. The lowest BCUT2D eigenvalue weighted by molar-refractivity contribution is -0.284. The molecule has 0 saturated carbocycles. The summed E-state index contributed by atoms with van der Waals surface area (Å²) in [6, 6.07) is 7.29. The second-order valence-corrected chi connectivity index (χ2v) is 4.95. The summed E-state index contributed by atoms with van der Waals surface area (Å²) in [5.74, 6) is 0.398. The van der Waals surface area contributed by atoms with Crippen LogP contribution in [0.5, 0.6) is 0 Å². The molecular weight excluding hydrogens is 278 g/mol. The van der Waals surface area contributed by atoms with Gasteiger partial charge in [0.1, 0.15) is 24.4 Å². The molecule has 0 aliphatic carbocycles. The summed E-state index contributed by atoms with van der Waals surface area (Å²) < 4.78 is 10.8. The molecular formula is C14H16NO6. The van der Waals surface area contributed by atoms with Gasteiger partial charge in [-0.2, -0.15) is 0 Å². The van der Waals surface area contributed by atoms with Crippen LogP contribution in [0.3, 0.4) is 0 Å². The first-order chi connectivity index (χ1) is 10.1. The first-order valence-corrected chi connectivity index (χ1v) is 6.59. The molecule has 5 unspecified atom stereocenters. The second kappa shape index (κ2) is 5.63. The van der Waals surface area contributed by atoms with Crippen LogP contribution >= 0.6 is 0 Å². The summed E-state index contributed by atoms with van der Waals surface area (Å²) >= 11 is 0. The number of ether oxygens (including phenoxy) is 2. The van der Waals surface area contributed by atoms with Crippen molar-refractivity contribution in [2.75, 3.05) is 6.61 Å². The minimum atomic E-state index is -1.46. The standard InChI is InChI=1S/C14H16NO6/c16-6-10-11(17)12(18)13(19)14(21-10)20-9-5-15-8-4-2-1-3-7(8)9/h1-5,10-14,16-19H,6H2. The number of fused-ring (bicyclic) bond motifs is 1. The Kier molecular flexibility index (Phi) is 3.83. The van der Waals surface area contributed by atoms with Gasteiger partial charge in [-0.15, -0.1) is 0 Å². The van der Waals surface area contributed by atoms with Gasteiger partial charge in [0.15, 0.2) is 5.76 Å². The summed E-state index contributed by atoms with van der Waals surface area (Å²) in [5.41, 5.74) is 1.48. The second-order valence-electron chi connectivity index (χ2n) is 4.95. The van der Waals surface area contributed by atoms with Crippen molar-refractivity contribution in [1.29, 1.82) is 0 Å². The molecule has 1 radical (unpaired) electrons. The largest absolute Gasteiger partial charge is 0.460 e. The van der Waals surface area contributed by atoms with E-state index in [1.807, 2.05) is 24.3 Å². The van der Waals surface area contributed by atoms with Gasteiger partial charge in [0, 0.05) is 5.56 Å². The van der Waals surface area contributed by atoms with Crippen LogP contribution in [0.4, 0.5) is 5.69 Å². The van der Waals surface area contributed by atoms with Crippen molar-refractivity contribution < 1.29 is 29.9 Å². The Labute approximate surface area is 121 Å². The molecule has 113 valence electrons. The molecule has 2 aliphatic heterocycles. The van der Waals surface area contributed by atoms with Gasteiger partial charge in [-0.25, -0.2) is 0 Å². The Morgan fingerprint density at radius 1 is 1.10 bits per heavy atom. The van der Waals surface area contributed by atoms with Crippen LogP contribution in [0.15, 0.2) is 30.5 Å². The predicted molar refractivity (Wildman–Crippen MR) is 71.1 cm³/mol. The monoisotopic (exact) mass is 294 g/mol. The van der Waals surface area contributed by atoms with E-state index in [0.717, 1.165) is 11.3 Å². The number of para-hydroxylation sites is 1. The lowest BCUT2D eigenvalue weighted by Crippen LogP contribution is -2.59. The van der Waals surface area contributed by atoms with Gasteiger partial charge in [-0.05, 0) is 12.1 Å².